The summed E-state index contributed by atoms with van der Waals surface area (Å²) in [6.07, 6.45) is 11.7. The predicted octanol–water partition coefficient (Wildman–Crippen LogP) is 1.51. The van der Waals surface area contributed by atoms with Crippen molar-refractivity contribution in [2.45, 2.75) is 38.0 Å². The van der Waals surface area contributed by atoms with Crippen LogP contribution in [0.4, 0.5) is 11.6 Å². The quantitative estimate of drug-likeness (QED) is 0.374. The predicted molar refractivity (Wildman–Crippen MR) is 134 cm³/mol. The minimum atomic E-state index is -0.908. The molecule has 34 heavy (non-hydrogen) atoms. The third-order valence-electron chi connectivity index (χ3n) is 8.04. The molecular weight excluding hydrogens is 496 g/mol. The first-order chi connectivity index (χ1) is 16.3. The molecule has 0 amide bonds. The first kappa shape index (κ1) is 21.8. The molecule has 1 spiro atoms. The van der Waals surface area contributed by atoms with Crippen LogP contribution in [0, 0.1) is 23.2 Å². The van der Waals surface area contributed by atoms with Crippen LogP contribution < -0.4 is 22.0 Å². The van der Waals surface area contributed by atoms with E-state index in [1.807, 2.05) is 22.9 Å². The molecule has 6 rings (SSSR count). The summed E-state index contributed by atoms with van der Waals surface area (Å²) < 4.78 is 2.74. The van der Waals surface area contributed by atoms with Crippen LogP contribution in [0.15, 0.2) is 41.3 Å². The largest absolute Gasteiger partial charge is 0.389 e. The van der Waals surface area contributed by atoms with E-state index < -0.39 is 17.6 Å². The van der Waals surface area contributed by atoms with Gasteiger partial charge in [0.15, 0.2) is 0 Å². The number of nitrogens with two attached hydrogens (primary N) is 2. The molecule has 7 atom stereocenters. The zero-order chi connectivity index (χ0) is 23.8. The van der Waals surface area contributed by atoms with Crippen LogP contribution in [-0.2, 0) is 0 Å². The molecule has 3 heterocycles. The van der Waals surface area contributed by atoms with Gasteiger partial charge >= 0.3 is 0 Å². The lowest BCUT2D eigenvalue weighted by Crippen LogP contribution is -2.38. The van der Waals surface area contributed by atoms with Crippen molar-refractivity contribution in [2.75, 3.05) is 11.5 Å². The molecule has 0 aliphatic heterocycles. The average Bonchev–Trinajstić information content (AvgIpc) is 3.49. The van der Waals surface area contributed by atoms with E-state index in [0.29, 0.717) is 29.6 Å². The Morgan fingerprint density at radius 1 is 1.15 bits per heavy atom. The molecule has 3 aromatic heterocycles. The smallest absolute Gasteiger partial charge is 0.145 e. The Kier molecular flexibility index (Phi) is 4.88. The first-order valence-electron chi connectivity index (χ1n) is 11.6. The number of nitrogens with zero attached hydrogens (tertiary/aromatic N) is 4. The third-order valence-corrected chi connectivity index (χ3v) is 8.68. The molecule has 3 aromatic rings. The van der Waals surface area contributed by atoms with Crippen LogP contribution in [0.3, 0.4) is 0 Å². The number of aliphatic hydroxyl groups is 2. The zero-order valence-corrected chi connectivity index (χ0v) is 20.3. The molecule has 7 unspecified atom stereocenters. The molecule has 0 bridgehead atoms. The number of aromatic nitrogens is 4. The molecule has 0 saturated heterocycles. The van der Waals surface area contributed by atoms with Gasteiger partial charge in [-0.3, -0.25) is 0 Å². The van der Waals surface area contributed by atoms with Gasteiger partial charge in [-0.2, -0.15) is 0 Å². The fraction of sp³-hybridized carbons (Fsp3) is 0.400. The van der Waals surface area contributed by atoms with Crippen LogP contribution in [0.2, 0.25) is 0 Å². The minimum Gasteiger partial charge on any atom is -0.389 e. The maximum Gasteiger partial charge on any atom is 0.145 e. The second-order valence-electron chi connectivity index (χ2n) is 9.99. The van der Waals surface area contributed by atoms with Crippen molar-refractivity contribution in [3.8, 4) is 0 Å². The van der Waals surface area contributed by atoms with E-state index in [-0.39, 0.29) is 17.9 Å². The van der Waals surface area contributed by atoms with Crippen molar-refractivity contribution >= 4 is 50.8 Å². The highest BCUT2D eigenvalue weighted by Crippen LogP contribution is 2.55. The van der Waals surface area contributed by atoms with E-state index >= 15 is 0 Å². The maximum absolute atomic E-state index is 11.2. The van der Waals surface area contributed by atoms with Crippen LogP contribution in [-0.4, -0.2) is 41.9 Å². The van der Waals surface area contributed by atoms with Crippen LogP contribution in [0.25, 0.3) is 23.2 Å². The molecular formula is C25H27BrN6O2. The molecule has 3 aliphatic carbocycles. The molecule has 176 valence electrons. The molecule has 8 nitrogen and oxygen atoms in total. The standard InChI is InChI=1S/C25H27BrN6O2/c1-12-6-14-7-17(26)23(28)31-18(14)8-16(12)13-2-4-25(9-13)10-19(20(33)21(25)34)32-5-3-15-22(27)29-11-30-24(15)32/h2-8,11-13,16,19-21,33-34H,9-10H2,1H3,(H2,28,31)(H2,27,29,30). The molecule has 6 N–H and O–H groups in total. The Bertz CT molecular complexity index is 1450. The van der Waals surface area contributed by atoms with E-state index in [0.717, 1.165) is 26.8 Å². The molecule has 1 fully saturated rings. The van der Waals surface area contributed by atoms with Gasteiger partial charge in [-0.15, -0.1) is 0 Å². The summed E-state index contributed by atoms with van der Waals surface area (Å²) >= 11 is 3.47. The van der Waals surface area contributed by atoms with Crippen molar-refractivity contribution in [1.82, 2.24) is 19.5 Å². The lowest BCUT2D eigenvalue weighted by Gasteiger charge is -2.31. The minimum absolute atomic E-state index is 0.228. The van der Waals surface area contributed by atoms with Gasteiger partial charge in [-0.1, -0.05) is 31.2 Å². The number of anilines is 2. The highest BCUT2D eigenvalue weighted by Gasteiger charge is 2.55. The summed E-state index contributed by atoms with van der Waals surface area (Å²) in [7, 11) is 0. The Balaban J connectivity index is 1.30. The summed E-state index contributed by atoms with van der Waals surface area (Å²) in [5.74, 6) is 1.66. The van der Waals surface area contributed by atoms with E-state index in [1.54, 1.807) is 0 Å². The Labute approximate surface area is 204 Å². The molecule has 0 aromatic carbocycles. The maximum atomic E-state index is 11.2. The van der Waals surface area contributed by atoms with Gasteiger partial charge in [0, 0.05) is 11.6 Å². The number of fused-ring (bicyclic) bond motifs is 2. The van der Waals surface area contributed by atoms with Gasteiger partial charge < -0.3 is 26.2 Å². The van der Waals surface area contributed by atoms with E-state index in [9.17, 15) is 10.2 Å². The Morgan fingerprint density at radius 2 is 1.97 bits per heavy atom. The van der Waals surface area contributed by atoms with Crippen molar-refractivity contribution in [3.63, 3.8) is 0 Å². The topological polar surface area (TPSA) is 136 Å². The van der Waals surface area contributed by atoms with Crippen molar-refractivity contribution in [1.29, 1.82) is 0 Å². The van der Waals surface area contributed by atoms with E-state index in [1.165, 1.54) is 6.33 Å². The van der Waals surface area contributed by atoms with Gasteiger partial charge in [0.25, 0.3) is 0 Å². The van der Waals surface area contributed by atoms with Gasteiger partial charge in [0.1, 0.15) is 29.7 Å². The summed E-state index contributed by atoms with van der Waals surface area (Å²) in [6.45, 7) is 2.21. The molecule has 9 heteroatoms. The first-order valence-corrected chi connectivity index (χ1v) is 12.3. The second-order valence-corrected chi connectivity index (χ2v) is 10.8. The summed E-state index contributed by atoms with van der Waals surface area (Å²) in [5, 5.41) is 25.1. The zero-order valence-electron chi connectivity index (χ0n) is 18.7. The molecule has 0 radical (unpaired) electrons. The average molecular weight is 523 g/mol. The van der Waals surface area contributed by atoms with Gasteiger partial charge in [0.05, 0.1) is 27.4 Å². The second kappa shape index (κ2) is 7.63. The lowest BCUT2D eigenvalue weighted by atomic mass is 9.74. The number of nitrogen functional groups attached to an aromatic ring is 2. The molecule has 3 aliphatic rings. The number of halogens is 1. The third kappa shape index (κ3) is 3.14. The summed E-state index contributed by atoms with van der Waals surface area (Å²) in [6, 6.07) is 3.58. The van der Waals surface area contributed by atoms with Gasteiger partial charge in [0.2, 0.25) is 0 Å². The Morgan fingerprint density at radius 3 is 2.79 bits per heavy atom. The summed E-state index contributed by atoms with van der Waals surface area (Å²) in [4.78, 5) is 13.0. The number of aliphatic hydroxyl groups excluding tert-OH is 2. The highest BCUT2D eigenvalue weighted by molar-refractivity contribution is 9.10. The van der Waals surface area contributed by atoms with Crippen LogP contribution >= 0.6 is 15.9 Å². The van der Waals surface area contributed by atoms with Crippen LogP contribution in [0.5, 0.6) is 0 Å². The van der Waals surface area contributed by atoms with Crippen molar-refractivity contribution < 1.29 is 10.2 Å². The van der Waals surface area contributed by atoms with E-state index in [4.69, 9.17) is 11.5 Å². The number of allylic oxidation sites excluding steroid dienone is 1. The summed E-state index contributed by atoms with van der Waals surface area (Å²) in [5.41, 5.74) is 12.2. The van der Waals surface area contributed by atoms with Crippen LogP contribution in [0.1, 0.15) is 25.8 Å². The SMILES string of the molecule is CC1C=c2cc(Br)c(N)nc2=CC1C1C=CC2(C1)CC(n1ccc3c(N)ncnc31)C(O)C2O. The number of hydrogen-bond acceptors (Lipinski definition) is 7. The number of rotatable bonds is 2. The van der Waals surface area contributed by atoms with E-state index in [2.05, 4.69) is 62.1 Å². The van der Waals surface area contributed by atoms with Gasteiger partial charge in [-0.25, -0.2) is 15.0 Å². The lowest BCUT2D eigenvalue weighted by molar-refractivity contribution is -0.0153. The highest BCUT2D eigenvalue weighted by atomic mass is 79.9. The molecule has 1 saturated carbocycles. The van der Waals surface area contributed by atoms with Gasteiger partial charge in [-0.05, 0) is 63.9 Å². The van der Waals surface area contributed by atoms with Crippen molar-refractivity contribution in [3.05, 3.63) is 51.8 Å². The fourth-order valence-corrected chi connectivity index (χ4v) is 6.60. The normalized spacial score (nSPS) is 34.4. The Hall–Kier alpha value is -2.75. The fourth-order valence-electron chi connectivity index (χ4n) is 6.27. The monoisotopic (exact) mass is 522 g/mol. The number of hydrogen-bond donors (Lipinski definition) is 4. The number of pyridine rings is 1. The van der Waals surface area contributed by atoms with Crippen molar-refractivity contribution in [2.24, 2.45) is 23.2 Å².